The summed E-state index contributed by atoms with van der Waals surface area (Å²) in [5.41, 5.74) is 0.825. The first-order valence-electron chi connectivity index (χ1n) is 4.53. The molecule has 0 aliphatic rings. The molecule has 0 aliphatic heterocycles. The maximum Gasteiger partial charge on any atom is 1.00 e. The second-order valence-corrected chi connectivity index (χ2v) is 3.43. The fourth-order valence-electron chi connectivity index (χ4n) is 0.982. The zero-order valence-corrected chi connectivity index (χ0v) is 10.0. The van der Waals surface area contributed by atoms with Gasteiger partial charge in [0.15, 0.2) is 0 Å². The summed E-state index contributed by atoms with van der Waals surface area (Å²) < 4.78 is 0. The third-order valence-electron chi connectivity index (χ3n) is 1.54. The minimum absolute atomic E-state index is 0. The molecule has 14 heavy (non-hydrogen) atoms. The number of rotatable bonds is 5. The monoisotopic (exact) mass is 190 g/mol. The topological polar surface area (TPSA) is 38.7 Å². The minimum Gasteiger partial charge on any atom is -0.876 e. The number of allylic oxidation sites excluding steroid dienone is 2. The molecule has 0 N–H and O–H groups in total. The molecule has 0 bridgehead atoms. The molecule has 0 aromatic heterocycles. The maximum atomic E-state index is 10.7. The fourth-order valence-corrected chi connectivity index (χ4v) is 0.982. The van der Waals surface area contributed by atoms with Crippen molar-refractivity contribution in [2.75, 3.05) is 27.2 Å². The van der Waals surface area contributed by atoms with Crippen LogP contribution in [0.15, 0.2) is 16.8 Å². The van der Waals surface area contributed by atoms with E-state index in [0.717, 1.165) is 25.2 Å². The van der Waals surface area contributed by atoms with Crippen molar-refractivity contribution in [3.8, 4) is 0 Å². The number of aliphatic imine (C=N–C) groups is 1. The van der Waals surface area contributed by atoms with Crippen molar-refractivity contribution in [1.82, 2.24) is 4.90 Å². The van der Waals surface area contributed by atoms with E-state index in [1.165, 1.54) is 0 Å². The van der Waals surface area contributed by atoms with Gasteiger partial charge in [-0.05, 0) is 34.0 Å². The first-order chi connectivity index (χ1) is 6.02. The van der Waals surface area contributed by atoms with E-state index >= 15 is 0 Å². The Kier molecular flexibility index (Phi) is 10.8. The number of nitrogens with zero attached hydrogens (tertiary/aromatic N) is 2. The Labute approximate surface area is 99.1 Å². The molecule has 0 aliphatic carbocycles. The van der Waals surface area contributed by atoms with Gasteiger partial charge in [0.1, 0.15) is 0 Å². The Balaban J connectivity index is 0. The van der Waals surface area contributed by atoms with Gasteiger partial charge in [0, 0.05) is 12.3 Å². The Morgan fingerprint density at radius 3 is 2.36 bits per heavy atom. The largest absolute Gasteiger partial charge is 1.00 e. The summed E-state index contributed by atoms with van der Waals surface area (Å²) in [6.07, 6.45) is 2.60. The predicted molar refractivity (Wildman–Crippen MR) is 54.9 cm³/mol. The van der Waals surface area contributed by atoms with Crippen molar-refractivity contribution in [3.05, 3.63) is 11.8 Å². The first-order valence-corrected chi connectivity index (χ1v) is 4.53. The second-order valence-electron chi connectivity index (χ2n) is 3.43. The van der Waals surface area contributed by atoms with Gasteiger partial charge in [0.25, 0.3) is 0 Å². The Morgan fingerprint density at radius 1 is 1.36 bits per heavy atom. The third kappa shape index (κ3) is 11.8. The van der Waals surface area contributed by atoms with Crippen molar-refractivity contribution in [1.29, 1.82) is 0 Å². The smallest absolute Gasteiger partial charge is 0.876 e. The fraction of sp³-hybridized carbons (Fsp3) is 0.700. The molecule has 0 amide bonds. The van der Waals surface area contributed by atoms with E-state index in [-0.39, 0.29) is 24.6 Å². The van der Waals surface area contributed by atoms with Crippen molar-refractivity contribution < 1.29 is 24.0 Å². The van der Waals surface area contributed by atoms with Crippen LogP contribution in [0.3, 0.4) is 0 Å². The average molecular weight is 190 g/mol. The summed E-state index contributed by atoms with van der Waals surface area (Å²) in [6.45, 7) is 5.24. The van der Waals surface area contributed by atoms with Crippen LogP contribution in [0.4, 0.5) is 0 Å². The molecule has 76 valence electrons. The Bertz CT molecular complexity index is 196. The molecule has 0 saturated heterocycles. The Morgan fingerprint density at radius 2 is 1.93 bits per heavy atom. The van der Waals surface area contributed by atoms with Gasteiger partial charge in [-0.2, -0.15) is 0 Å². The first kappa shape index (κ1) is 16.2. The molecule has 0 rings (SSSR count). The van der Waals surface area contributed by atoms with Crippen molar-refractivity contribution in [2.24, 2.45) is 4.99 Å². The van der Waals surface area contributed by atoms with E-state index in [9.17, 15) is 5.11 Å². The van der Waals surface area contributed by atoms with Gasteiger partial charge < -0.3 is 10.0 Å². The number of hydrogen-bond acceptors (Lipinski definition) is 3. The summed E-state index contributed by atoms with van der Waals surface area (Å²) in [4.78, 5) is 6.37. The quantitative estimate of drug-likeness (QED) is 0.211. The molecule has 0 unspecified atom stereocenters. The van der Waals surface area contributed by atoms with Gasteiger partial charge >= 0.3 is 18.9 Å². The summed E-state index contributed by atoms with van der Waals surface area (Å²) in [5.74, 6) is 0.0638. The van der Waals surface area contributed by atoms with Crippen molar-refractivity contribution in [3.63, 3.8) is 0 Å². The van der Waals surface area contributed by atoms with Crippen molar-refractivity contribution in [2.45, 2.75) is 20.3 Å². The minimum atomic E-state index is 0. The molecule has 0 spiro atoms. The summed E-state index contributed by atoms with van der Waals surface area (Å²) >= 11 is 0. The number of hydrogen-bond donors (Lipinski definition) is 0. The van der Waals surface area contributed by atoms with Crippen LogP contribution >= 0.6 is 0 Å². The predicted octanol–water partition coefficient (Wildman–Crippen LogP) is -2.33. The molecule has 3 nitrogen and oxygen atoms in total. The zero-order chi connectivity index (χ0) is 10.3. The summed E-state index contributed by atoms with van der Waals surface area (Å²) in [5, 5.41) is 10.7. The molecular weight excluding hydrogens is 171 g/mol. The van der Waals surface area contributed by atoms with Gasteiger partial charge in [-0.3, -0.25) is 4.99 Å². The van der Waals surface area contributed by atoms with Crippen LogP contribution in [-0.4, -0.2) is 37.8 Å². The molecule has 0 heterocycles. The van der Waals surface area contributed by atoms with E-state index in [1.807, 2.05) is 21.0 Å². The van der Waals surface area contributed by atoms with E-state index in [0.29, 0.717) is 0 Å². The van der Waals surface area contributed by atoms with Crippen LogP contribution in [0.1, 0.15) is 20.3 Å². The van der Waals surface area contributed by atoms with Crippen LogP contribution in [0.2, 0.25) is 0 Å². The van der Waals surface area contributed by atoms with E-state index in [4.69, 9.17) is 0 Å². The second kappa shape index (κ2) is 9.33. The maximum absolute atomic E-state index is 10.7. The van der Waals surface area contributed by atoms with Gasteiger partial charge in [0.05, 0.1) is 0 Å². The molecular formula is C10H19LiN2O. The van der Waals surface area contributed by atoms with Crippen LogP contribution in [0, 0.1) is 0 Å². The van der Waals surface area contributed by atoms with Crippen LogP contribution < -0.4 is 24.0 Å². The zero-order valence-electron chi connectivity index (χ0n) is 10.0. The molecule has 0 saturated carbocycles. The van der Waals surface area contributed by atoms with E-state index < -0.39 is 0 Å². The van der Waals surface area contributed by atoms with Crippen LogP contribution in [0.25, 0.3) is 0 Å². The van der Waals surface area contributed by atoms with E-state index in [1.54, 1.807) is 13.0 Å². The molecule has 0 radical (unpaired) electrons. The molecule has 0 fully saturated rings. The van der Waals surface area contributed by atoms with Gasteiger partial charge in [-0.25, -0.2) is 0 Å². The normalized spacial score (nSPS) is 12.9. The molecule has 0 aromatic rings. The molecule has 0 aromatic carbocycles. The third-order valence-corrected chi connectivity index (χ3v) is 1.54. The average Bonchev–Trinajstić information content (AvgIpc) is 1.96. The summed E-state index contributed by atoms with van der Waals surface area (Å²) in [7, 11) is 4.08. The van der Waals surface area contributed by atoms with Crippen molar-refractivity contribution >= 4 is 5.71 Å². The van der Waals surface area contributed by atoms with Gasteiger partial charge in [-0.15, -0.1) is 5.76 Å². The van der Waals surface area contributed by atoms with Gasteiger partial charge in [-0.1, -0.05) is 13.0 Å². The Hall–Kier alpha value is -0.233. The molecule has 4 heteroatoms. The molecule has 0 atom stereocenters. The van der Waals surface area contributed by atoms with Crippen LogP contribution in [0.5, 0.6) is 0 Å². The van der Waals surface area contributed by atoms with Crippen LogP contribution in [-0.2, 0) is 0 Å². The SMILES string of the molecule is CC([O-])=CC(C)=NCCCN(C)C.[Li+]. The van der Waals surface area contributed by atoms with E-state index in [2.05, 4.69) is 9.89 Å². The summed E-state index contributed by atoms with van der Waals surface area (Å²) in [6, 6.07) is 0. The standard InChI is InChI=1S/C10H20N2O.Li/c1-9(8-10(2)13)11-6-5-7-12(3)4;/h8,13H,5-7H2,1-4H3;/q;+1/p-1. The van der Waals surface area contributed by atoms with Gasteiger partial charge in [0.2, 0.25) is 0 Å².